The van der Waals surface area contributed by atoms with Gasteiger partial charge in [0.15, 0.2) is 0 Å². The van der Waals surface area contributed by atoms with Gasteiger partial charge < -0.3 is 10.3 Å². The summed E-state index contributed by atoms with van der Waals surface area (Å²) in [5.74, 6) is -0.195. The molecule has 0 bridgehead atoms. The highest BCUT2D eigenvalue weighted by Crippen LogP contribution is 2.36. The van der Waals surface area contributed by atoms with Gasteiger partial charge in [-0.25, -0.2) is 4.98 Å². The molecule has 6 heterocycles. The molecule has 188 valence electrons. The van der Waals surface area contributed by atoms with Crippen molar-refractivity contribution in [3.05, 3.63) is 102 Å². The van der Waals surface area contributed by atoms with Crippen LogP contribution in [0.25, 0.3) is 55.0 Å². The summed E-state index contributed by atoms with van der Waals surface area (Å²) in [5, 5.41) is 12.6. The Hall–Kier alpha value is -5.15. The Morgan fingerprint density at radius 3 is 2.67 bits per heavy atom. The van der Waals surface area contributed by atoms with Crippen molar-refractivity contribution in [2.24, 2.45) is 0 Å². The Morgan fingerprint density at radius 2 is 1.82 bits per heavy atom. The maximum absolute atomic E-state index is 12.6. The summed E-state index contributed by atoms with van der Waals surface area (Å²) in [6.07, 6.45) is 6.94. The molecule has 1 amide bonds. The zero-order chi connectivity index (χ0) is 26.3. The minimum atomic E-state index is -0.195. The molecule has 9 heteroatoms. The highest BCUT2D eigenvalue weighted by molar-refractivity contribution is 7.15. The van der Waals surface area contributed by atoms with Crippen LogP contribution in [0.3, 0.4) is 0 Å². The van der Waals surface area contributed by atoms with Crippen LogP contribution >= 0.6 is 11.3 Å². The van der Waals surface area contributed by atoms with Gasteiger partial charge in [0, 0.05) is 49.6 Å². The van der Waals surface area contributed by atoms with E-state index in [0.29, 0.717) is 11.3 Å². The van der Waals surface area contributed by atoms with Crippen LogP contribution in [0.1, 0.15) is 15.2 Å². The number of aryl methyl sites for hydroxylation is 1. The first-order valence-corrected chi connectivity index (χ1v) is 13.1. The van der Waals surface area contributed by atoms with E-state index in [9.17, 15) is 4.79 Å². The van der Waals surface area contributed by atoms with Gasteiger partial charge in [-0.05, 0) is 55.5 Å². The van der Waals surface area contributed by atoms with Gasteiger partial charge >= 0.3 is 0 Å². The SMILES string of the molecule is Cc1ccc(-c2ccnc3[nH]c(-c4n[nH]c5cnc(-c6cncc(NC(=O)c7ccccc7)c6)cc45)cc23)s1. The lowest BCUT2D eigenvalue weighted by atomic mass is 10.1. The Bertz CT molecular complexity index is 1990. The average Bonchev–Trinajstić information content (AvgIpc) is 3.71. The predicted molar refractivity (Wildman–Crippen MR) is 155 cm³/mol. The van der Waals surface area contributed by atoms with Crippen molar-refractivity contribution in [1.29, 1.82) is 0 Å². The molecule has 0 spiro atoms. The molecular formula is C30H21N7OS. The van der Waals surface area contributed by atoms with Gasteiger partial charge in [0.1, 0.15) is 11.3 Å². The predicted octanol–water partition coefficient (Wildman–Crippen LogP) is 6.85. The number of anilines is 1. The molecule has 0 fully saturated rings. The normalized spacial score (nSPS) is 11.3. The molecule has 1 aromatic carbocycles. The fourth-order valence-electron chi connectivity index (χ4n) is 4.67. The summed E-state index contributed by atoms with van der Waals surface area (Å²) >= 11 is 1.76. The number of aromatic nitrogens is 6. The lowest BCUT2D eigenvalue weighted by Crippen LogP contribution is -2.11. The van der Waals surface area contributed by atoms with E-state index >= 15 is 0 Å². The lowest BCUT2D eigenvalue weighted by Gasteiger charge is -2.07. The van der Waals surface area contributed by atoms with Crippen molar-refractivity contribution in [2.45, 2.75) is 6.92 Å². The molecule has 0 atom stereocenters. The second kappa shape index (κ2) is 9.30. The molecule has 7 aromatic rings. The number of benzene rings is 1. The van der Waals surface area contributed by atoms with Crippen LogP contribution in [0, 0.1) is 6.92 Å². The molecule has 0 unspecified atom stereocenters. The number of nitrogens with one attached hydrogen (secondary N) is 3. The van der Waals surface area contributed by atoms with Crippen LogP contribution in [-0.4, -0.2) is 36.0 Å². The number of pyridine rings is 3. The fourth-order valence-corrected chi connectivity index (χ4v) is 5.58. The van der Waals surface area contributed by atoms with Crippen molar-refractivity contribution in [3.8, 4) is 33.1 Å². The molecule has 6 aromatic heterocycles. The molecule has 0 aliphatic heterocycles. The highest BCUT2D eigenvalue weighted by Gasteiger charge is 2.16. The van der Waals surface area contributed by atoms with E-state index in [1.165, 1.54) is 9.75 Å². The number of thiophene rings is 1. The van der Waals surface area contributed by atoms with Gasteiger partial charge in [-0.15, -0.1) is 11.3 Å². The van der Waals surface area contributed by atoms with Crippen LogP contribution in [-0.2, 0) is 0 Å². The molecule has 3 N–H and O–H groups in total. The number of fused-ring (bicyclic) bond motifs is 2. The summed E-state index contributed by atoms with van der Waals surface area (Å²) in [6, 6.07) is 21.4. The summed E-state index contributed by atoms with van der Waals surface area (Å²) < 4.78 is 0. The molecule has 0 radical (unpaired) electrons. The highest BCUT2D eigenvalue weighted by atomic mass is 32.1. The minimum Gasteiger partial charge on any atom is -0.338 e. The Kier molecular flexibility index (Phi) is 5.49. The number of H-pyrrole nitrogens is 2. The monoisotopic (exact) mass is 527 g/mol. The zero-order valence-electron chi connectivity index (χ0n) is 20.8. The van der Waals surface area contributed by atoms with E-state index in [0.717, 1.165) is 50.1 Å². The van der Waals surface area contributed by atoms with Crippen molar-refractivity contribution in [1.82, 2.24) is 30.1 Å². The first-order valence-electron chi connectivity index (χ1n) is 12.3. The molecule has 8 nitrogen and oxygen atoms in total. The van der Waals surface area contributed by atoms with Crippen molar-refractivity contribution in [2.75, 3.05) is 5.32 Å². The zero-order valence-corrected chi connectivity index (χ0v) is 21.6. The van der Waals surface area contributed by atoms with E-state index in [1.807, 2.05) is 42.6 Å². The maximum Gasteiger partial charge on any atom is 0.255 e. The van der Waals surface area contributed by atoms with E-state index in [1.54, 1.807) is 42.1 Å². The van der Waals surface area contributed by atoms with Crippen LogP contribution in [0.2, 0.25) is 0 Å². The molecule has 39 heavy (non-hydrogen) atoms. The number of aromatic amines is 2. The van der Waals surface area contributed by atoms with Gasteiger partial charge in [0.25, 0.3) is 5.91 Å². The molecular weight excluding hydrogens is 506 g/mol. The van der Waals surface area contributed by atoms with Crippen molar-refractivity contribution < 1.29 is 4.79 Å². The Morgan fingerprint density at radius 1 is 0.923 bits per heavy atom. The van der Waals surface area contributed by atoms with Gasteiger partial charge in [-0.1, -0.05) is 18.2 Å². The minimum absolute atomic E-state index is 0.195. The average molecular weight is 528 g/mol. The molecule has 0 saturated carbocycles. The number of rotatable bonds is 5. The van der Waals surface area contributed by atoms with Gasteiger partial charge in [0.05, 0.1) is 35.0 Å². The van der Waals surface area contributed by atoms with Gasteiger partial charge in [-0.3, -0.25) is 19.9 Å². The lowest BCUT2D eigenvalue weighted by molar-refractivity contribution is 0.102. The summed E-state index contributed by atoms with van der Waals surface area (Å²) in [5.41, 5.74) is 7.08. The van der Waals surface area contributed by atoms with Crippen LogP contribution in [0.5, 0.6) is 0 Å². The maximum atomic E-state index is 12.6. The molecule has 0 aliphatic carbocycles. The second-order valence-electron chi connectivity index (χ2n) is 9.18. The van der Waals surface area contributed by atoms with Crippen LogP contribution in [0.15, 0.2) is 91.5 Å². The molecule has 0 aliphatic rings. The number of hydrogen-bond acceptors (Lipinski definition) is 6. The fraction of sp³-hybridized carbons (Fsp3) is 0.0333. The Balaban J connectivity index is 1.25. The number of nitrogens with zero attached hydrogens (tertiary/aromatic N) is 4. The number of carbonyl (C=O) groups is 1. The van der Waals surface area contributed by atoms with Crippen molar-refractivity contribution in [3.63, 3.8) is 0 Å². The van der Waals surface area contributed by atoms with Crippen molar-refractivity contribution >= 4 is 44.9 Å². The van der Waals surface area contributed by atoms with E-state index in [4.69, 9.17) is 0 Å². The summed E-state index contributed by atoms with van der Waals surface area (Å²) in [7, 11) is 0. The van der Waals surface area contributed by atoms with E-state index in [-0.39, 0.29) is 5.91 Å². The smallest absolute Gasteiger partial charge is 0.255 e. The Labute approximate surface area is 226 Å². The third kappa shape index (κ3) is 4.24. The van der Waals surface area contributed by atoms with Crippen LogP contribution in [0.4, 0.5) is 5.69 Å². The van der Waals surface area contributed by atoms with Gasteiger partial charge in [0.2, 0.25) is 0 Å². The third-order valence-electron chi connectivity index (χ3n) is 6.57. The van der Waals surface area contributed by atoms with E-state index in [2.05, 4.69) is 60.6 Å². The van der Waals surface area contributed by atoms with Crippen LogP contribution < -0.4 is 5.32 Å². The molecule has 7 rings (SSSR count). The summed E-state index contributed by atoms with van der Waals surface area (Å²) in [6.45, 7) is 2.11. The second-order valence-corrected chi connectivity index (χ2v) is 10.5. The topological polar surface area (TPSA) is 112 Å². The number of hydrogen-bond donors (Lipinski definition) is 3. The molecule has 0 saturated heterocycles. The largest absolute Gasteiger partial charge is 0.338 e. The number of amides is 1. The first kappa shape index (κ1) is 23.0. The van der Waals surface area contributed by atoms with E-state index < -0.39 is 0 Å². The quantitative estimate of drug-likeness (QED) is 0.227. The number of carbonyl (C=O) groups excluding carboxylic acids is 1. The first-order chi connectivity index (χ1) is 19.1. The summed E-state index contributed by atoms with van der Waals surface area (Å²) in [4.78, 5) is 32.0. The third-order valence-corrected chi connectivity index (χ3v) is 7.60. The standard InChI is InChI=1S/C30H21N7OS/c1-17-7-8-27(39-17)21-9-10-32-29-22(21)12-25(35-29)28-23-13-24(33-16-26(23)36-37-28)19-11-20(15-31-14-19)34-30(38)18-5-3-2-4-6-18/h2-16H,1H3,(H,32,35)(H,34,38)(H,36,37). The van der Waals surface area contributed by atoms with Gasteiger partial charge in [-0.2, -0.15) is 5.10 Å².